The number of benzene rings is 2. The van der Waals surface area contributed by atoms with Gasteiger partial charge in [-0.1, -0.05) is 36.7 Å². The van der Waals surface area contributed by atoms with Gasteiger partial charge in [-0.2, -0.15) is 0 Å². The first-order chi connectivity index (χ1) is 14.3. The van der Waals surface area contributed by atoms with Gasteiger partial charge in [-0.05, 0) is 36.8 Å². The molecule has 0 aromatic heterocycles. The number of para-hydroxylation sites is 1. The molecule has 0 bridgehead atoms. The second-order valence-corrected chi connectivity index (χ2v) is 8.41. The van der Waals surface area contributed by atoms with Crippen molar-refractivity contribution in [1.82, 2.24) is 15.4 Å². The minimum absolute atomic E-state index is 0.0385. The van der Waals surface area contributed by atoms with Crippen molar-refractivity contribution in [3.8, 4) is 5.75 Å². The molecular weight excluding hydrogens is 430 g/mol. The molecule has 162 valence electrons. The lowest BCUT2D eigenvalue weighted by Crippen LogP contribution is -2.37. The molecule has 0 saturated heterocycles. The predicted octanol–water partition coefficient (Wildman–Crippen LogP) is 1.95. The molecule has 0 fully saturated rings. The summed E-state index contributed by atoms with van der Waals surface area (Å²) in [6, 6.07) is 12.8. The summed E-state index contributed by atoms with van der Waals surface area (Å²) >= 11 is 6.04. The molecule has 8 nitrogen and oxygen atoms in total. The number of hydrogen-bond donors (Lipinski definition) is 3. The molecule has 10 heteroatoms. The predicted molar refractivity (Wildman–Crippen MR) is 114 cm³/mol. The molecule has 30 heavy (non-hydrogen) atoms. The second kappa shape index (κ2) is 11.5. The molecule has 0 heterocycles. The maximum absolute atomic E-state index is 12.5. The molecule has 0 saturated carbocycles. The van der Waals surface area contributed by atoms with Crippen molar-refractivity contribution in [2.45, 2.75) is 18.2 Å². The van der Waals surface area contributed by atoms with E-state index in [0.29, 0.717) is 12.3 Å². The third kappa shape index (κ3) is 7.33. The van der Waals surface area contributed by atoms with Crippen LogP contribution in [0.25, 0.3) is 0 Å². The maximum Gasteiger partial charge on any atom is 0.253 e. The van der Waals surface area contributed by atoms with Gasteiger partial charge in [-0.15, -0.1) is 0 Å². The van der Waals surface area contributed by atoms with E-state index >= 15 is 0 Å². The van der Waals surface area contributed by atoms with E-state index in [9.17, 15) is 18.0 Å². The Balaban J connectivity index is 1.96. The Morgan fingerprint density at radius 1 is 1.03 bits per heavy atom. The lowest BCUT2D eigenvalue weighted by atomic mass is 10.2. The zero-order valence-corrected chi connectivity index (χ0v) is 18.1. The van der Waals surface area contributed by atoms with Crippen molar-refractivity contribution in [1.29, 1.82) is 0 Å². The molecule has 3 N–H and O–H groups in total. The molecule has 0 spiro atoms. The summed E-state index contributed by atoms with van der Waals surface area (Å²) in [4.78, 5) is 23.8. The van der Waals surface area contributed by atoms with Gasteiger partial charge in [0, 0.05) is 13.1 Å². The Morgan fingerprint density at radius 3 is 2.47 bits per heavy atom. The van der Waals surface area contributed by atoms with Crippen LogP contribution in [0, 0.1) is 0 Å². The first kappa shape index (κ1) is 23.7. The summed E-state index contributed by atoms with van der Waals surface area (Å²) in [5, 5.41) is 5.13. The number of carbonyl (C=O) groups is 2. The van der Waals surface area contributed by atoms with Crippen LogP contribution >= 0.6 is 11.6 Å². The fourth-order valence-electron chi connectivity index (χ4n) is 2.37. The van der Waals surface area contributed by atoms with Crippen molar-refractivity contribution in [2.75, 3.05) is 26.2 Å². The Bertz CT molecular complexity index is 968. The summed E-state index contributed by atoms with van der Waals surface area (Å²) in [5.41, 5.74) is -0.0385. The van der Waals surface area contributed by atoms with Crippen molar-refractivity contribution in [3.63, 3.8) is 0 Å². The molecule has 2 aromatic carbocycles. The largest absolute Gasteiger partial charge is 0.492 e. The molecule has 0 radical (unpaired) electrons. The average Bonchev–Trinajstić information content (AvgIpc) is 2.74. The van der Waals surface area contributed by atoms with Crippen LogP contribution in [0.4, 0.5) is 0 Å². The number of halogens is 1. The normalized spacial score (nSPS) is 11.0. The highest BCUT2D eigenvalue weighted by molar-refractivity contribution is 7.89. The highest BCUT2D eigenvalue weighted by Crippen LogP contribution is 2.20. The monoisotopic (exact) mass is 453 g/mol. The lowest BCUT2D eigenvalue weighted by Gasteiger charge is -2.11. The van der Waals surface area contributed by atoms with Gasteiger partial charge in [-0.3, -0.25) is 9.59 Å². The van der Waals surface area contributed by atoms with Crippen LogP contribution in [-0.2, 0) is 14.8 Å². The van der Waals surface area contributed by atoms with Crippen LogP contribution in [0.1, 0.15) is 23.7 Å². The first-order valence-corrected chi connectivity index (χ1v) is 11.2. The fourth-order valence-corrected chi connectivity index (χ4v) is 3.62. The van der Waals surface area contributed by atoms with E-state index in [4.69, 9.17) is 16.3 Å². The molecule has 0 aliphatic heterocycles. The van der Waals surface area contributed by atoms with Gasteiger partial charge < -0.3 is 15.4 Å². The van der Waals surface area contributed by atoms with Gasteiger partial charge in [0.15, 0.2) is 0 Å². The summed E-state index contributed by atoms with van der Waals surface area (Å²) in [5.74, 6) is -0.355. The zero-order valence-electron chi connectivity index (χ0n) is 16.5. The van der Waals surface area contributed by atoms with Gasteiger partial charge in [0.25, 0.3) is 5.91 Å². The maximum atomic E-state index is 12.5. The van der Waals surface area contributed by atoms with E-state index in [1.54, 1.807) is 12.1 Å². The highest BCUT2D eigenvalue weighted by atomic mass is 35.5. The van der Waals surface area contributed by atoms with E-state index < -0.39 is 15.9 Å². The minimum atomic E-state index is -3.88. The number of ether oxygens (including phenoxy) is 1. The van der Waals surface area contributed by atoms with Crippen molar-refractivity contribution in [2.24, 2.45) is 0 Å². The Labute approximate surface area is 181 Å². The molecular formula is C20H24ClN3O5S. The summed E-state index contributed by atoms with van der Waals surface area (Å²) in [7, 11) is -3.88. The molecule has 0 aliphatic rings. The van der Waals surface area contributed by atoms with Crippen LogP contribution in [0.3, 0.4) is 0 Å². The van der Waals surface area contributed by atoms with Crippen LogP contribution < -0.4 is 20.1 Å². The molecule has 2 amide bonds. The number of hydrogen-bond acceptors (Lipinski definition) is 5. The van der Waals surface area contributed by atoms with Crippen LogP contribution in [0.15, 0.2) is 53.4 Å². The minimum Gasteiger partial charge on any atom is -0.492 e. The first-order valence-electron chi connectivity index (χ1n) is 9.35. The van der Waals surface area contributed by atoms with Crippen LogP contribution in [0.2, 0.25) is 5.02 Å². The summed E-state index contributed by atoms with van der Waals surface area (Å²) in [6.07, 6.45) is 0.773. The Morgan fingerprint density at radius 2 is 1.77 bits per heavy atom. The molecule has 2 rings (SSSR count). The number of rotatable bonds is 11. The second-order valence-electron chi connectivity index (χ2n) is 6.23. The van der Waals surface area contributed by atoms with Gasteiger partial charge in [0.05, 0.1) is 22.0 Å². The highest BCUT2D eigenvalue weighted by Gasteiger charge is 2.19. The average molecular weight is 454 g/mol. The van der Waals surface area contributed by atoms with Crippen molar-refractivity contribution in [3.05, 3.63) is 59.1 Å². The van der Waals surface area contributed by atoms with Crippen molar-refractivity contribution < 1.29 is 22.7 Å². The summed E-state index contributed by atoms with van der Waals surface area (Å²) < 4.78 is 32.9. The topological polar surface area (TPSA) is 114 Å². The number of nitrogens with one attached hydrogen (secondary N) is 3. The molecule has 0 aliphatic carbocycles. The number of carbonyl (C=O) groups excluding carboxylic acids is 2. The summed E-state index contributed by atoms with van der Waals surface area (Å²) in [6.45, 7) is 2.35. The SMILES string of the molecule is CCCNC(=O)CNC(=O)c1cc(S(=O)(=O)NCCOc2ccccc2)ccc1Cl. The third-order valence-electron chi connectivity index (χ3n) is 3.88. The third-order valence-corrected chi connectivity index (χ3v) is 5.67. The van der Waals surface area contributed by atoms with E-state index in [0.717, 1.165) is 6.42 Å². The molecule has 0 atom stereocenters. The van der Waals surface area contributed by atoms with E-state index in [1.165, 1.54) is 18.2 Å². The quantitative estimate of drug-likeness (QED) is 0.450. The number of sulfonamides is 1. The van der Waals surface area contributed by atoms with Gasteiger partial charge in [-0.25, -0.2) is 13.1 Å². The standard InChI is InChI=1S/C20H24ClN3O5S/c1-2-10-22-19(25)14-23-20(26)17-13-16(8-9-18(17)21)30(27,28)24-11-12-29-15-6-4-3-5-7-15/h3-9,13,24H,2,10-12,14H2,1H3,(H,22,25)(H,23,26). The number of amides is 2. The fraction of sp³-hybridized carbons (Fsp3) is 0.300. The Kier molecular flexibility index (Phi) is 9.10. The Hall–Kier alpha value is -2.62. The lowest BCUT2D eigenvalue weighted by molar-refractivity contribution is -0.120. The van der Waals surface area contributed by atoms with Crippen molar-refractivity contribution >= 4 is 33.4 Å². The van der Waals surface area contributed by atoms with Gasteiger partial charge in [0.1, 0.15) is 12.4 Å². The van der Waals surface area contributed by atoms with Gasteiger partial charge in [0.2, 0.25) is 15.9 Å². The van der Waals surface area contributed by atoms with E-state index in [1.807, 2.05) is 25.1 Å². The van der Waals surface area contributed by atoms with E-state index in [2.05, 4.69) is 15.4 Å². The van der Waals surface area contributed by atoms with Gasteiger partial charge >= 0.3 is 0 Å². The molecule has 2 aromatic rings. The molecule has 0 unspecified atom stereocenters. The van der Waals surface area contributed by atoms with E-state index in [-0.39, 0.29) is 41.1 Å². The van der Waals surface area contributed by atoms with Crippen LogP contribution in [-0.4, -0.2) is 46.5 Å². The zero-order chi connectivity index (χ0) is 22.0. The smallest absolute Gasteiger partial charge is 0.253 e. The van der Waals surface area contributed by atoms with Crippen LogP contribution in [0.5, 0.6) is 5.75 Å².